The Morgan fingerprint density at radius 2 is 2.00 bits per heavy atom. The molecule has 0 unspecified atom stereocenters. The molecule has 0 aromatic rings. The second-order valence-electron chi connectivity index (χ2n) is 2.59. The summed E-state index contributed by atoms with van der Waals surface area (Å²) in [6, 6.07) is 0. The van der Waals surface area contributed by atoms with Crippen LogP contribution < -0.4 is 0 Å². The van der Waals surface area contributed by atoms with Crippen LogP contribution in [0.4, 0.5) is 0 Å². The molecule has 0 radical (unpaired) electrons. The molecule has 2 atom stereocenters. The predicted octanol–water partition coefficient (Wildman–Crippen LogP) is 0.913. The molecule has 0 aromatic carbocycles. The van der Waals surface area contributed by atoms with Crippen molar-refractivity contribution in [1.82, 2.24) is 0 Å². The van der Waals surface area contributed by atoms with Crippen molar-refractivity contribution in [2.45, 2.75) is 30.0 Å². The summed E-state index contributed by atoms with van der Waals surface area (Å²) < 4.78 is 21.1. The van der Waals surface area contributed by atoms with Gasteiger partial charge < -0.3 is 5.11 Å². The maximum Gasteiger partial charge on any atom is 0.165 e. The quantitative estimate of drug-likeness (QED) is 0.752. The lowest BCUT2D eigenvalue weighted by Crippen LogP contribution is -2.40. The molecule has 0 heterocycles. The molecule has 0 aromatic heterocycles. The van der Waals surface area contributed by atoms with Gasteiger partial charge in [0.25, 0.3) is 0 Å². The Labute approximate surface area is 75.9 Å². The largest absolute Gasteiger partial charge is 0.391 e. The van der Waals surface area contributed by atoms with Gasteiger partial charge in [-0.3, -0.25) is 0 Å². The van der Waals surface area contributed by atoms with E-state index in [2.05, 4.69) is 15.9 Å². The Balaban J connectivity index is 4.92. The maximum absolute atomic E-state index is 11.1. The third-order valence-corrected chi connectivity index (χ3v) is 6.57. The van der Waals surface area contributed by atoms with Gasteiger partial charge >= 0.3 is 0 Å². The summed E-state index contributed by atoms with van der Waals surface area (Å²) in [7, 11) is -3.25. The molecule has 5 heteroatoms. The van der Waals surface area contributed by atoms with Gasteiger partial charge in [0.2, 0.25) is 0 Å². The summed E-state index contributed by atoms with van der Waals surface area (Å²) in [5.41, 5.74) is 0. The van der Waals surface area contributed by atoms with Gasteiger partial charge in [-0.25, -0.2) is 8.42 Å². The van der Waals surface area contributed by atoms with Crippen molar-refractivity contribution in [3.63, 3.8) is 0 Å². The Hall–Kier alpha value is 0.390. The number of alkyl halides is 1. The molecule has 68 valence electrons. The minimum atomic E-state index is -3.25. The molecule has 3 nitrogen and oxygen atoms in total. The lowest BCUT2D eigenvalue weighted by atomic mass is 10.2. The van der Waals surface area contributed by atoms with E-state index in [9.17, 15) is 13.5 Å². The zero-order chi connectivity index (χ0) is 9.28. The number of hydrogen-bond donors (Lipinski definition) is 1. The fourth-order valence-corrected chi connectivity index (χ4v) is 2.01. The Morgan fingerprint density at radius 3 is 2.00 bits per heavy atom. The average Bonchev–Trinajstić information content (AvgIpc) is 1.83. The second kappa shape index (κ2) is 3.41. The van der Waals surface area contributed by atoms with Gasteiger partial charge in [-0.1, -0.05) is 22.9 Å². The standard InChI is InChI=1S/C6H13BrO3S/c1-4-6(7,5(2)8)11(3,9)10/h5,8H,4H2,1-3H3/t5-,6+/m0/s1. The van der Waals surface area contributed by atoms with Gasteiger partial charge in [0.15, 0.2) is 13.5 Å². The molecular weight excluding hydrogens is 232 g/mol. The molecule has 0 rings (SSSR count). The fraction of sp³-hybridized carbons (Fsp3) is 1.00. The fourth-order valence-electron chi connectivity index (χ4n) is 0.867. The second-order valence-corrected chi connectivity index (χ2v) is 6.80. The molecular formula is C6H13BrO3S. The summed E-state index contributed by atoms with van der Waals surface area (Å²) in [5, 5.41) is 9.18. The minimum absolute atomic E-state index is 0.351. The van der Waals surface area contributed by atoms with E-state index in [1.54, 1.807) is 6.92 Å². The van der Waals surface area contributed by atoms with E-state index in [4.69, 9.17) is 0 Å². The third kappa shape index (κ3) is 2.16. The molecule has 1 N–H and O–H groups in total. The summed E-state index contributed by atoms with van der Waals surface area (Å²) in [4.78, 5) is 0. The molecule has 0 spiro atoms. The molecule has 0 saturated heterocycles. The van der Waals surface area contributed by atoms with Crippen LogP contribution in [-0.2, 0) is 9.84 Å². The van der Waals surface area contributed by atoms with Gasteiger partial charge in [0.05, 0.1) is 6.10 Å². The van der Waals surface area contributed by atoms with Crippen LogP contribution >= 0.6 is 15.9 Å². The van der Waals surface area contributed by atoms with Crippen LogP contribution in [-0.4, -0.2) is 29.5 Å². The highest BCUT2D eigenvalue weighted by molar-refractivity contribution is 9.11. The molecule has 11 heavy (non-hydrogen) atoms. The van der Waals surface area contributed by atoms with Crippen LogP contribution in [0, 0.1) is 0 Å². The van der Waals surface area contributed by atoms with Crippen molar-refractivity contribution in [2.24, 2.45) is 0 Å². The Kier molecular flexibility index (Phi) is 3.53. The molecule has 0 aliphatic heterocycles. The van der Waals surface area contributed by atoms with Crippen LogP contribution in [0.2, 0.25) is 0 Å². The summed E-state index contributed by atoms with van der Waals surface area (Å²) in [6.45, 7) is 3.17. The smallest absolute Gasteiger partial charge is 0.165 e. The number of aliphatic hydroxyl groups is 1. The number of sulfone groups is 1. The van der Waals surface area contributed by atoms with Crippen LogP contribution in [0.15, 0.2) is 0 Å². The highest BCUT2D eigenvalue weighted by Gasteiger charge is 2.40. The molecule has 0 fully saturated rings. The lowest BCUT2D eigenvalue weighted by molar-refractivity contribution is 0.177. The number of hydrogen-bond acceptors (Lipinski definition) is 3. The summed E-state index contributed by atoms with van der Waals surface area (Å²) in [5.74, 6) is 0. The maximum atomic E-state index is 11.1. The van der Waals surface area contributed by atoms with Crippen molar-refractivity contribution < 1.29 is 13.5 Å². The normalized spacial score (nSPS) is 20.8. The van der Waals surface area contributed by atoms with Crippen LogP contribution in [0.25, 0.3) is 0 Å². The molecule has 0 amide bonds. The zero-order valence-electron chi connectivity index (χ0n) is 6.83. The first-order valence-electron chi connectivity index (χ1n) is 3.32. The highest BCUT2D eigenvalue weighted by Crippen LogP contribution is 2.32. The van der Waals surface area contributed by atoms with Crippen molar-refractivity contribution >= 4 is 25.8 Å². The molecule has 0 aliphatic rings. The molecule has 0 saturated carbocycles. The van der Waals surface area contributed by atoms with E-state index < -0.39 is 19.6 Å². The van der Waals surface area contributed by atoms with Gasteiger partial charge in [-0.15, -0.1) is 0 Å². The van der Waals surface area contributed by atoms with E-state index in [0.29, 0.717) is 6.42 Å². The summed E-state index contributed by atoms with van der Waals surface area (Å²) in [6.07, 6.45) is 0.559. The first-order chi connectivity index (χ1) is 4.75. The van der Waals surface area contributed by atoms with E-state index >= 15 is 0 Å². The van der Waals surface area contributed by atoms with E-state index in [-0.39, 0.29) is 0 Å². The minimum Gasteiger partial charge on any atom is -0.391 e. The first kappa shape index (κ1) is 11.4. The molecule has 0 bridgehead atoms. The first-order valence-corrected chi connectivity index (χ1v) is 6.00. The number of rotatable bonds is 3. The zero-order valence-corrected chi connectivity index (χ0v) is 9.24. The van der Waals surface area contributed by atoms with Crippen molar-refractivity contribution in [2.75, 3.05) is 6.26 Å². The monoisotopic (exact) mass is 244 g/mol. The Morgan fingerprint density at radius 1 is 1.64 bits per heavy atom. The van der Waals surface area contributed by atoms with Gasteiger partial charge in [0, 0.05) is 6.26 Å². The summed E-state index contributed by atoms with van der Waals surface area (Å²) >= 11 is 3.03. The third-order valence-electron chi connectivity index (χ3n) is 1.72. The topological polar surface area (TPSA) is 54.4 Å². The Bertz CT molecular complexity index is 222. The predicted molar refractivity (Wildman–Crippen MR) is 48.5 cm³/mol. The molecule has 0 aliphatic carbocycles. The van der Waals surface area contributed by atoms with E-state index in [0.717, 1.165) is 6.26 Å². The van der Waals surface area contributed by atoms with Crippen LogP contribution in [0.3, 0.4) is 0 Å². The van der Waals surface area contributed by atoms with Crippen LogP contribution in [0.1, 0.15) is 20.3 Å². The van der Waals surface area contributed by atoms with Gasteiger partial charge in [0.1, 0.15) is 0 Å². The van der Waals surface area contributed by atoms with Gasteiger partial charge in [-0.05, 0) is 13.3 Å². The van der Waals surface area contributed by atoms with Crippen molar-refractivity contribution in [3.8, 4) is 0 Å². The van der Waals surface area contributed by atoms with E-state index in [1.807, 2.05) is 0 Å². The average molecular weight is 245 g/mol. The number of aliphatic hydroxyl groups excluding tert-OH is 1. The van der Waals surface area contributed by atoms with Crippen LogP contribution in [0.5, 0.6) is 0 Å². The number of halogens is 1. The van der Waals surface area contributed by atoms with Gasteiger partial charge in [-0.2, -0.15) is 0 Å². The van der Waals surface area contributed by atoms with Crippen molar-refractivity contribution in [3.05, 3.63) is 0 Å². The highest BCUT2D eigenvalue weighted by atomic mass is 79.9. The van der Waals surface area contributed by atoms with E-state index in [1.165, 1.54) is 6.92 Å². The lowest BCUT2D eigenvalue weighted by Gasteiger charge is -2.26. The SMILES string of the molecule is CC[C@](Br)([C@H](C)O)S(C)(=O)=O. The van der Waals surface area contributed by atoms with Crippen molar-refractivity contribution in [1.29, 1.82) is 0 Å².